The average molecular weight is 736 g/mol. The minimum absolute atomic E-state index is 0.132. The number of amides is 2. The summed E-state index contributed by atoms with van der Waals surface area (Å²) in [5, 5.41) is 5.59. The molecule has 2 bridgehead atoms. The van der Waals surface area contributed by atoms with Crippen molar-refractivity contribution in [2.45, 2.75) is 18.4 Å². The second-order valence-electron chi connectivity index (χ2n) is 10.1. The van der Waals surface area contributed by atoms with Gasteiger partial charge in [0.1, 0.15) is 12.4 Å². The summed E-state index contributed by atoms with van der Waals surface area (Å²) >= 11 is 4.51. The van der Waals surface area contributed by atoms with Gasteiger partial charge in [-0.25, -0.2) is 0 Å². The molecule has 192 valence electrons. The fourth-order valence-electron chi connectivity index (χ4n) is 6.42. The Kier molecular flexibility index (Phi) is 6.30. The molecular formula is C32H22I2N2O3. The lowest BCUT2D eigenvalue weighted by molar-refractivity contribution is -0.139. The molecule has 5 nitrogen and oxygen atoms in total. The molecule has 7 heteroatoms. The smallest absolute Gasteiger partial charge is 0.254 e. The number of carbonyl (C=O) groups excluding carboxylic acids is 2. The molecule has 0 saturated carbocycles. The first-order valence-corrected chi connectivity index (χ1v) is 14.9. The molecule has 0 unspecified atom stereocenters. The lowest BCUT2D eigenvalue weighted by Gasteiger charge is -2.45. The summed E-state index contributed by atoms with van der Waals surface area (Å²) < 4.78 is 7.98. The molecule has 3 aliphatic carbocycles. The van der Waals surface area contributed by atoms with Crippen LogP contribution in [0.5, 0.6) is 5.75 Å². The van der Waals surface area contributed by atoms with Crippen LogP contribution in [0.2, 0.25) is 0 Å². The van der Waals surface area contributed by atoms with Gasteiger partial charge in [0.25, 0.3) is 11.8 Å². The van der Waals surface area contributed by atoms with E-state index in [0.717, 1.165) is 51.3 Å². The molecule has 0 N–H and O–H groups in total. The highest BCUT2D eigenvalue weighted by atomic mass is 127. The minimum Gasteiger partial charge on any atom is -0.487 e. The summed E-state index contributed by atoms with van der Waals surface area (Å²) in [4.78, 5) is 27.5. The van der Waals surface area contributed by atoms with Gasteiger partial charge in [0.15, 0.2) is 0 Å². The molecule has 0 radical (unpaired) electrons. The predicted octanol–water partition coefficient (Wildman–Crippen LogP) is 6.70. The van der Waals surface area contributed by atoms with Crippen molar-refractivity contribution in [3.8, 4) is 5.75 Å². The van der Waals surface area contributed by atoms with E-state index in [4.69, 9.17) is 4.74 Å². The molecule has 1 saturated heterocycles. The van der Waals surface area contributed by atoms with Crippen LogP contribution in [0.3, 0.4) is 0 Å². The number of nitrogens with zero attached hydrogens (tertiary/aromatic N) is 2. The van der Waals surface area contributed by atoms with Crippen molar-refractivity contribution in [1.82, 2.24) is 5.01 Å². The van der Waals surface area contributed by atoms with Crippen molar-refractivity contribution in [3.63, 3.8) is 0 Å². The molecule has 4 aliphatic rings. The fourth-order valence-corrected chi connectivity index (χ4v) is 8.55. The first-order chi connectivity index (χ1) is 19.0. The fraction of sp³-hybridized carbons (Fsp3) is 0.156. The summed E-state index contributed by atoms with van der Waals surface area (Å²) in [6, 6.07) is 30.5. The lowest BCUT2D eigenvalue weighted by atomic mass is 9.55. The number of halogens is 2. The van der Waals surface area contributed by atoms with E-state index in [1.807, 2.05) is 66.7 Å². The normalized spacial score (nSPS) is 22.7. The zero-order chi connectivity index (χ0) is 26.7. The molecule has 0 aromatic heterocycles. The quantitative estimate of drug-likeness (QED) is 0.130. The Bertz CT molecular complexity index is 1530. The standard InChI is InChI=1S/C32H22I2N2O3/c33-24-14-19(15-25(34)30(24)39-17-18-8-2-1-3-9-18)16-35-36-31(37)28-26-20-10-4-5-11-21(20)27(29(28)32(36)38)23-13-7-6-12-22(23)26/h1-16,26-29H,17H2/b35-16-/t26?,27?,28-,29+. The van der Waals surface area contributed by atoms with Crippen LogP contribution in [0.25, 0.3) is 0 Å². The summed E-state index contributed by atoms with van der Waals surface area (Å²) in [7, 11) is 0. The van der Waals surface area contributed by atoms with Crippen LogP contribution in [-0.2, 0) is 16.2 Å². The summed E-state index contributed by atoms with van der Waals surface area (Å²) in [6.45, 7) is 0.479. The van der Waals surface area contributed by atoms with Gasteiger partial charge in [-0.15, -0.1) is 0 Å². The van der Waals surface area contributed by atoms with Gasteiger partial charge >= 0.3 is 0 Å². The predicted molar refractivity (Wildman–Crippen MR) is 166 cm³/mol. The highest BCUT2D eigenvalue weighted by Crippen LogP contribution is 2.60. The van der Waals surface area contributed by atoms with Crippen LogP contribution in [0, 0.1) is 19.0 Å². The maximum absolute atomic E-state index is 13.8. The second-order valence-corrected chi connectivity index (χ2v) is 12.4. The Labute approximate surface area is 253 Å². The van der Waals surface area contributed by atoms with E-state index in [-0.39, 0.29) is 23.7 Å². The number of ether oxygens (including phenoxy) is 1. The van der Waals surface area contributed by atoms with Gasteiger partial charge < -0.3 is 4.74 Å². The largest absolute Gasteiger partial charge is 0.487 e. The Morgan fingerprint density at radius 1 is 0.718 bits per heavy atom. The van der Waals surface area contributed by atoms with Gasteiger partial charge in [-0.1, -0.05) is 78.9 Å². The first-order valence-electron chi connectivity index (χ1n) is 12.8. The number of hydrazone groups is 1. The zero-order valence-corrected chi connectivity index (χ0v) is 24.9. The summed E-state index contributed by atoms with van der Waals surface area (Å²) in [6.07, 6.45) is 1.61. The molecule has 1 aliphatic heterocycles. The lowest BCUT2D eigenvalue weighted by Crippen LogP contribution is -2.41. The van der Waals surface area contributed by atoms with Gasteiger partial charge in [0.05, 0.1) is 25.2 Å². The van der Waals surface area contributed by atoms with Gasteiger partial charge in [0, 0.05) is 11.8 Å². The van der Waals surface area contributed by atoms with E-state index in [2.05, 4.69) is 74.5 Å². The van der Waals surface area contributed by atoms with Crippen molar-refractivity contribution < 1.29 is 14.3 Å². The Hall–Kier alpha value is -3.05. The molecule has 4 aromatic carbocycles. The highest BCUT2D eigenvalue weighted by Gasteiger charge is 2.61. The van der Waals surface area contributed by atoms with Crippen LogP contribution in [0.4, 0.5) is 0 Å². The van der Waals surface area contributed by atoms with E-state index >= 15 is 0 Å². The molecule has 4 aromatic rings. The van der Waals surface area contributed by atoms with Crippen molar-refractivity contribution in [3.05, 3.63) is 132 Å². The summed E-state index contributed by atoms with van der Waals surface area (Å²) in [5.41, 5.74) is 6.53. The monoisotopic (exact) mass is 736 g/mol. The molecule has 2 amide bonds. The summed E-state index contributed by atoms with van der Waals surface area (Å²) in [5.74, 6) is -0.750. The molecule has 1 fully saturated rings. The second kappa shape index (κ2) is 9.85. The number of hydrogen-bond acceptors (Lipinski definition) is 4. The molecule has 0 spiro atoms. The molecule has 8 rings (SSSR count). The Balaban J connectivity index is 1.17. The van der Waals surface area contributed by atoms with E-state index in [9.17, 15) is 9.59 Å². The van der Waals surface area contributed by atoms with Crippen LogP contribution >= 0.6 is 45.2 Å². The van der Waals surface area contributed by atoms with Crippen molar-refractivity contribution in [2.75, 3.05) is 0 Å². The molecule has 2 atom stereocenters. The number of carbonyl (C=O) groups is 2. The van der Waals surface area contributed by atoms with Gasteiger partial charge in [0.2, 0.25) is 0 Å². The Morgan fingerprint density at radius 3 is 1.67 bits per heavy atom. The maximum Gasteiger partial charge on any atom is 0.254 e. The van der Waals surface area contributed by atoms with E-state index in [0.29, 0.717) is 6.61 Å². The van der Waals surface area contributed by atoms with Crippen molar-refractivity contribution in [1.29, 1.82) is 0 Å². The third kappa shape index (κ3) is 4.04. The van der Waals surface area contributed by atoms with Gasteiger partial charge in [-0.05, 0) is 90.7 Å². The van der Waals surface area contributed by atoms with Crippen LogP contribution in [0.15, 0.2) is 96.1 Å². The van der Waals surface area contributed by atoms with Crippen LogP contribution in [0.1, 0.15) is 45.2 Å². The van der Waals surface area contributed by atoms with Crippen molar-refractivity contribution >= 4 is 63.2 Å². The van der Waals surface area contributed by atoms with Crippen LogP contribution in [-0.4, -0.2) is 23.0 Å². The maximum atomic E-state index is 13.8. The van der Waals surface area contributed by atoms with Gasteiger partial charge in [-0.2, -0.15) is 10.1 Å². The number of hydrogen-bond donors (Lipinski definition) is 0. The van der Waals surface area contributed by atoms with Gasteiger partial charge in [-0.3, -0.25) is 9.59 Å². The highest BCUT2D eigenvalue weighted by molar-refractivity contribution is 14.1. The number of imide groups is 1. The van der Waals surface area contributed by atoms with E-state index in [1.165, 1.54) is 0 Å². The SMILES string of the molecule is O=C1[C@@H]2C3c4ccccc4C(c4ccccc43)[C@@H]2C(=O)N1/N=C\c1cc(I)c(OCc2ccccc2)c(I)c1. The van der Waals surface area contributed by atoms with Crippen molar-refractivity contribution in [2.24, 2.45) is 16.9 Å². The third-order valence-electron chi connectivity index (χ3n) is 7.99. The number of benzene rings is 4. The number of rotatable bonds is 5. The Morgan fingerprint density at radius 2 is 1.18 bits per heavy atom. The molecule has 39 heavy (non-hydrogen) atoms. The topological polar surface area (TPSA) is 59.0 Å². The first kappa shape index (κ1) is 25.0. The third-order valence-corrected chi connectivity index (χ3v) is 9.60. The van der Waals surface area contributed by atoms with Crippen LogP contribution < -0.4 is 4.74 Å². The average Bonchev–Trinajstić information content (AvgIpc) is 3.21. The molecule has 1 heterocycles. The molecular weight excluding hydrogens is 714 g/mol. The zero-order valence-electron chi connectivity index (χ0n) is 20.6. The van der Waals surface area contributed by atoms with E-state index in [1.54, 1.807) is 6.21 Å². The minimum atomic E-state index is -0.432. The van der Waals surface area contributed by atoms with E-state index < -0.39 is 11.8 Å².